The number of amides is 4. The minimum Gasteiger partial charge on any atom is -0.378 e. The second-order valence-corrected chi connectivity index (χ2v) is 14.2. The first-order valence-electron chi connectivity index (χ1n) is 17.8. The molecule has 4 amide bonds. The van der Waals surface area contributed by atoms with Crippen molar-refractivity contribution in [1.82, 2.24) is 20.0 Å². The number of carbonyl (C=O) groups excluding carboxylic acids is 4. The Labute approximate surface area is 322 Å². The highest BCUT2D eigenvalue weighted by Crippen LogP contribution is 2.30. The fourth-order valence-electron chi connectivity index (χ4n) is 7.06. The molecule has 3 heterocycles. The highest BCUT2D eigenvalue weighted by atomic mass is 35.5. The lowest BCUT2D eigenvalue weighted by Crippen LogP contribution is -2.45. The van der Waals surface area contributed by atoms with Crippen molar-refractivity contribution >= 4 is 58.2 Å². The summed E-state index contributed by atoms with van der Waals surface area (Å²) in [6.45, 7) is 0.891. The van der Waals surface area contributed by atoms with Crippen LogP contribution in [0, 0.1) is 0 Å². The van der Waals surface area contributed by atoms with Gasteiger partial charge >= 0.3 is 0 Å². The summed E-state index contributed by atoms with van der Waals surface area (Å²) in [6, 6.07) is 29.1. The van der Waals surface area contributed by atoms with Crippen molar-refractivity contribution in [2.75, 3.05) is 23.7 Å². The van der Waals surface area contributed by atoms with E-state index in [1.807, 2.05) is 48.5 Å². The Bertz CT molecular complexity index is 2170. The number of likely N-dealkylation sites (tertiary alicyclic amines) is 2. The fourth-order valence-corrected chi connectivity index (χ4v) is 7.50. The van der Waals surface area contributed by atoms with Crippen molar-refractivity contribution in [3.05, 3.63) is 124 Å². The van der Waals surface area contributed by atoms with Crippen molar-refractivity contribution in [2.45, 2.75) is 50.3 Å². The number of aliphatic hydroxyl groups is 1. The molecule has 276 valence electrons. The standard InChI is InChI=1S/C41H38Cl2N6O5/c42-31-9-3-1-7-27(31)23-37(50)48-21-5-11-35(48)39(52)44-28-17-13-25(14-18-28)33-24-34(47-46-33)26-15-19-29(20-16-26)45-40(53)36-12-6-22-49(36)41(54)38(51)30-8-2-4-10-32(30)43/h1-4,7-10,13-20,24,35-36,38,51H,5-6,11-12,21-23H2,(H,44,52)(H,45,53)(H,46,47)/t35-,36-,38+/m0/s1. The molecular weight excluding hydrogens is 727 g/mol. The number of rotatable bonds is 10. The van der Waals surface area contributed by atoms with Crippen molar-refractivity contribution in [3.63, 3.8) is 0 Å². The van der Waals surface area contributed by atoms with Crippen molar-refractivity contribution in [3.8, 4) is 22.5 Å². The van der Waals surface area contributed by atoms with E-state index < -0.39 is 24.1 Å². The maximum absolute atomic E-state index is 13.3. The number of halogens is 2. The number of H-pyrrole nitrogens is 1. The maximum atomic E-state index is 13.3. The van der Waals surface area contributed by atoms with Gasteiger partial charge in [0.25, 0.3) is 5.91 Å². The fraction of sp³-hybridized carbons (Fsp3) is 0.244. The topological polar surface area (TPSA) is 148 Å². The lowest BCUT2D eigenvalue weighted by Gasteiger charge is -2.26. The molecule has 7 rings (SSSR count). The molecule has 2 saturated heterocycles. The van der Waals surface area contributed by atoms with Gasteiger partial charge in [0.15, 0.2) is 6.10 Å². The van der Waals surface area contributed by atoms with Crippen LogP contribution in [0.15, 0.2) is 103 Å². The number of hydrogen-bond donors (Lipinski definition) is 4. The molecule has 2 aliphatic heterocycles. The number of carbonyl (C=O) groups is 4. The second-order valence-electron chi connectivity index (χ2n) is 13.4. The predicted octanol–water partition coefficient (Wildman–Crippen LogP) is 6.89. The van der Waals surface area contributed by atoms with E-state index in [-0.39, 0.29) is 29.2 Å². The monoisotopic (exact) mass is 764 g/mol. The number of aromatic amines is 1. The van der Waals surface area contributed by atoms with Gasteiger partial charge in [-0.3, -0.25) is 24.3 Å². The van der Waals surface area contributed by atoms with Gasteiger partial charge in [0.2, 0.25) is 17.7 Å². The molecule has 0 bridgehead atoms. The average molecular weight is 766 g/mol. The Morgan fingerprint density at radius 2 is 1.30 bits per heavy atom. The molecule has 0 radical (unpaired) electrons. The van der Waals surface area contributed by atoms with E-state index in [1.165, 1.54) is 4.90 Å². The van der Waals surface area contributed by atoms with Crippen LogP contribution in [0.1, 0.15) is 42.9 Å². The van der Waals surface area contributed by atoms with Crippen LogP contribution in [0.2, 0.25) is 10.0 Å². The van der Waals surface area contributed by atoms with Gasteiger partial charge in [0, 0.05) is 45.6 Å². The predicted molar refractivity (Wildman–Crippen MR) is 208 cm³/mol. The molecule has 0 aliphatic carbocycles. The van der Waals surface area contributed by atoms with Gasteiger partial charge in [-0.05, 0) is 79.3 Å². The molecule has 0 spiro atoms. The van der Waals surface area contributed by atoms with Crippen LogP contribution >= 0.6 is 23.2 Å². The van der Waals surface area contributed by atoms with Gasteiger partial charge in [0.1, 0.15) is 12.1 Å². The number of aliphatic hydroxyl groups excluding tert-OH is 1. The summed E-state index contributed by atoms with van der Waals surface area (Å²) < 4.78 is 0. The molecule has 13 heteroatoms. The van der Waals surface area contributed by atoms with E-state index in [4.69, 9.17) is 23.2 Å². The van der Waals surface area contributed by atoms with E-state index >= 15 is 0 Å². The van der Waals surface area contributed by atoms with Crippen molar-refractivity contribution in [2.24, 2.45) is 0 Å². The zero-order valence-corrected chi connectivity index (χ0v) is 30.7. The minimum atomic E-state index is -1.46. The first-order valence-corrected chi connectivity index (χ1v) is 18.6. The Morgan fingerprint density at radius 3 is 1.93 bits per heavy atom. The molecule has 0 unspecified atom stereocenters. The third-order valence-electron chi connectivity index (χ3n) is 9.94. The molecule has 5 aromatic rings. The van der Waals surface area contributed by atoms with Crippen LogP contribution < -0.4 is 10.6 Å². The van der Waals surface area contributed by atoms with Crippen molar-refractivity contribution < 1.29 is 24.3 Å². The number of nitrogens with zero attached hydrogens (tertiary/aromatic N) is 3. The molecule has 3 atom stereocenters. The normalized spacial score (nSPS) is 17.3. The zero-order chi connectivity index (χ0) is 37.8. The van der Waals surface area contributed by atoms with E-state index in [1.54, 1.807) is 59.5 Å². The smallest absolute Gasteiger partial charge is 0.256 e. The second kappa shape index (κ2) is 16.3. The number of benzene rings is 4. The number of nitrogens with one attached hydrogen (secondary N) is 3. The molecule has 1 aromatic heterocycles. The maximum Gasteiger partial charge on any atom is 0.256 e. The van der Waals surface area contributed by atoms with Gasteiger partial charge < -0.3 is 25.5 Å². The van der Waals surface area contributed by atoms with Crippen molar-refractivity contribution in [1.29, 1.82) is 0 Å². The van der Waals surface area contributed by atoms with Gasteiger partial charge in [-0.25, -0.2) is 0 Å². The van der Waals surface area contributed by atoms with Gasteiger partial charge in [-0.15, -0.1) is 0 Å². The zero-order valence-electron chi connectivity index (χ0n) is 29.2. The van der Waals surface area contributed by atoms with Crippen LogP contribution in [0.25, 0.3) is 22.5 Å². The summed E-state index contributed by atoms with van der Waals surface area (Å²) in [7, 11) is 0. The first-order chi connectivity index (χ1) is 26.2. The summed E-state index contributed by atoms with van der Waals surface area (Å²) in [4.78, 5) is 55.8. The molecule has 4 N–H and O–H groups in total. The van der Waals surface area contributed by atoms with Crippen LogP contribution in [0.5, 0.6) is 0 Å². The van der Waals surface area contributed by atoms with E-state index in [0.29, 0.717) is 60.0 Å². The van der Waals surface area contributed by atoms with Gasteiger partial charge in [-0.1, -0.05) is 83.9 Å². The van der Waals surface area contributed by atoms with Gasteiger partial charge in [0.05, 0.1) is 17.8 Å². The van der Waals surface area contributed by atoms with Crippen LogP contribution in [-0.4, -0.2) is 73.9 Å². The van der Waals surface area contributed by atoms with E-state index in [0.717, 1.165) is 28.8 Å². The third-order valence-corrected chi connectivity index (χ3v) is 10.7. The molecule has 0 saturated carbocycles. The van der Waals surface area contributed by atoms with Crippen LogP contribution in [-0.2, 0) is 25.6 Å². The molecule has 11 nitrogen and oxygen atoms in total. The molecule has 54 heavy (non-hydrogen) atoms. The highest BCUT2D eigenvalue weighted by Gasteiger charge is 2.38. The highest BCUT2D eigenvalue weighted by molar-refractivity contribution is 6.32. The first kappa shape index (κ1) is 36.9. The Kier molecular flexibility index (Phi) is 11.1. The SMILES string of the molecule is O=C(Nc1ccc(-c2cc(-c3ccc(NC(=O)[C@@H]4CCCN4C(=O)[C@H](O)c4ccccc4Cl)cc3)[nH]n2)cc1)[C@@H]1CCCN1C(=O)Cc1ccccc1Cl. The Morgan fingerprint density at radius 1 is 0.741 bits per heavy atom. The quantitative estimate of drug-likeness (QED) is 0.122. The summed E-state index contributed by atoms with van der Waals surface area (Å²) in [5, 5.41) is 25.0. The van der Waals surface area contributed by atoms with Crippen LogP contribution in [0.3, 0.4) is 0 Å². The Hall–Kier alpha value is -5.49. The summed E-state index contributed by atoms with van der Waals surface area (Å²) in [5.41, 5.74) is 5.39. The molecule has 2 aliphatic rings. The molecule has 4 aromatic carbocycles. The third kappa shape index (κ3) is 8.03. The molecular formula is C41H38Cl2N6O5. The average Bonchev–Trinajstić information content (AvgIpc) is 3.98. The van der Waals surface area contributed by atoms with E-state index in [9.17, 15) is 24.3 Å². The van der Waals surface area contributed by atoms with Crippen LogP contribution in [0.4, 0.5) is 11.4 Å². The number of anilines is 2. The van der Waals surface area contributed by atoms with E-state index in [2.05, 4.69) is 20.8 Å². The molecule has 2 fully saturated rings. The summed E-state index contributed by atoms with van der Waals surface area (Å²) >= 11 is 12.5. The largest absolute Gasteiger partial charge is 0.378 e. The Balaban J connectivity index is 0.935. The minimum absolute atomic E-state index is 0.124. The number of hydrogen-bond acceptors (Lipinski definition) is 6. The number of aromatic nitrogens is 2. The van der Waals surface area contributed by atoms with Gasteiger partial charge in [-0.2, -0.15) is 5.10 Å². The lowest BCUT2D eigenvalue weighted by atomic mass is 10.1. The summed E-state index contributed by atoms with van der Waals surface area (Å²) in [5.74, 6) is -1.23. The lowest BCUT2D eigenvalue weighted by molar-refractivity contribution is -0.144. The summed E-state index contributed by atoms with van der Waals surface area (Å²) in [6.07, 6.45) is 1.17.